The summed E-state index contributed by atoms with van der Waals surface area (Å²) in [5, 5.41) is 7.68. The number of ether oxygens (including phenoxy) is 1. The fourth-order valence-corrected chi connectivity index (χ4v) is 5.05. The third-order valence-corrected chi connectivity index (χ3v) is 7.24. The number of nitrogens with one attached hydrogen (secondary N) is 2. The maximum absolute atomic E-state index is 13.4. The minimum Gasteiger partial charge on any atom is -0.495 e. The molecule has 1 unspecified atom stereocenters. The fraction of sp³-hybridized carbons (Fsp3) is 0.0769. The lowest BCUT2D eigenvalue weighted by Gasteiger charge is -2.18. The van der Waals surface area contributed by atoms with Gasteiger partial charge in [0, 0.05) is 15.6 Å². The first kappa shape index (κ1) is 23.9. The maximum atomic E-state index is 13.4. The van der Waals surface area contributed by atoms with Gasteiger partial charge in [0.15, 0.2) is 0 Å². The summed E-state index contributed by atoms with van der Waals surface area (Å²) < 4.78 is 5.36. The van der Waals surface area contributed by atoms with E-state index in [1.165, 1.54) is 23.1 Å². The zero-order valence-electron chi connectivity index (χ0n) is 18.2. The number of hydrogen-bond donors (Lipinski definition) is 2. The van der Waals surface area contributed by atoms with Crippen molar-refractivity contribution in [3.8, 4) is 5.75 Å². The van der Waals surface area contributed by atoms with Gasteiger partial charge >= 0.3 is 0 Å². The van der Waals surface area contributed by atoms with Crippen LogP contribution in [0.25, 0.3) is 0 Å². The number of anilines is 2. The monoisotopic (exact) mass is 508 g/mol. The molecule has 172 valence electrons. The van der Waals surface area contributed by atoms with Crippen LogP contribution in [0.4, 0.5) is 11.4 Å². The van der Waals surface area contributed by atoms with Gasteiger partial charge in [0.05, 0.1) is 17.7 Å². The molecule has 5 nitrogen and oxygen atoms in total. The van der Waals surface area contributed by atoms with Gasteiger partial charge in [-0.25, -0.2) is 0 Å². The number of thioether (sulfide) groups is 1. The van der Waals surface area contributed by atoms with Crippen LogP contribution in [0.1, 0.15) is 20.5 Å². The predicted octanol–water partition coefficient (Wildman–Crippen LogP) is 7.13. The van der Waals surface area contributed by atoms with E-state index in [2.05, 4.69) is 10.6 Å². The summed E-state index contributed by atoms with van der Waals surface area (Å²) in [7, 11) is 1.54. The van der Waals surface area contributed by atoms with Crippen molar-refractivity contribution in [1.82, 2.24) is 0 Å². The highest BCUT2D eigenvalue weighted by molar-refractivity contribution is 8.00. The van der Waals surface area contributed by atoms with Gasteiger partial charge in [0.1, 0.15) is 11.0 Å². The Balaban J connectivity index is 1.52. The van der Waals surface area contributed by atoms with Crippen LogP contribution < -0.4 is 15.4 Å². The molecule has 0 fully saturated rings. The summed E-state index contributed by atoms with van der Waals surface area (Å²) in [5.74, 6) is 0.180. The molecule has 34 heavy (non-hydrogen) atoms. The lowest BCUT2D eigenvalue weighted by atomic mass is 10.1. The molecule has 0 aliphatic heterocycles. The summed E-state index contributed by atoms with van der Waals surface area (Å²) in [6.07, 6.45) is 0. The lowest BCUT2D eigenvalue weighted by Crippen LogP contribution is -2.19. The molecular formula is C26H21ClN2O3S2. The first-order chi connectivity index (χ1) is 16.5. The zero-order chi connectivity index (χ0) is 23.9. The predicted molar refractivity (Wildman–Crippen MR) is 140 cm³/mol. The van der Waals surface area contributed by atoms with Crippen molar-refractivity contribution in [2.75, 3.05) is 17.7 Å². The van der Waals surface area contributed by atoms with Crippen LogP contribution >= 0.6 is 34.7 Å². The van der Waals surface area contributed by atoms with Gasteiger partial charge in [0.25, 0.3) is 5.91 Å². The molecule has 4 aromatic rings. The van der Waals surface area contributed by atoms with Gasteiger partial charge < -0.3 is 15.4 Å². The second-order valence-electron chi connectivity index (χ2n) is 7.20. The molecule has 0 saturated heterocycles. The van der Waals surface area contributed by atoms with E-state index in [1.54, 1.807) is 31.4 Å². The molecule has 0 radical (unpaired) electrons. The number of carbonyl (C=O) groups excluding carboxylic acids is 2. The molecule has 2 amide bonds. The topological polar surface area (TPSA) is 67.4 Å². The van der Waals surface area contributed by atoms with Gasteiger partial charge in [-0.05, 0) is 59.5 Å². The molecule has 3 aromatic carbocycles. The number of benzene rings is 3. The van der Waals surface area contributed by atoms with Crippen molar-refractivity contribution in [1.29, 1.82) is 0 Å². The van der Waals surface area contributed by atoms with Crippen LogP contribution in [0.2, 0.25) is 5.02 Å². The minimum atomic E-state index is -0.517. The van der Waals surface area contributed by atoms with E-state index in [0.717, 1.165) is 10.5 Å². The van der Waals surface area contributed by atoms with Gasteiger partial charge in [-0.15, -0.1) is 23.1 Å². The number of methoxy groups -OCH3 is 1. The first-order valence-corrected chi connectivity index (χ1v) is 12.5. The molecule has 0 bridgehead atoms. The molecule has 0 spiro atoms. The Bertz CT molecular complexity index is 1260. The number of thiophene rings is 1. The Morgan fingerprint density at radius 1 is 0.941 bits per heavy atom. The van der Waals surface area contributed by atoms with Crippen molar-refractivity contribution < 1.29 is 14.3 Å². The molecule has 8 heteroatoms. The molecule has 0 saturated carbocycles. The molecule has 1 atom stereocenters. The van der Waals surface area contributed by atoms with E-state index < -0.39 is 5.25 Å². The SMILES string of the molecule is COc1ccc(Cl)cc1NC(=O)C(Sc1ccc(NC(=O)c2cccs2)cc1)c1ccccc1. The summed E-state index contributed by atoms with van der Waals surface area (Å²) in [6.45, 7) is 0. The summed E-state index contributed by atoms with van der Waals surface area (Å²) >= 11 is 8.93. The molecule has 2 N–H and O–H groups in total. The second kappa shape index (κ2) is 11.2. The van der Waals surface area contributed by atoms with E-state index >= 15 is 0 Å². The normalized spacial score (nSPS) is 11.5. The first-order valence-electron chi connectivity index (χ1n) is 10.3. The van der Waals surface area contributed by atoms with Crippen LogP contribution in [0.15, 0.2) is 95.2 Å². The van der Waals surface area contributed by atoms with Crippen LogP contribution in [0.5, 0.6) is 5.75 Å². The average molecular weight is 509 g/mol. The Morgan fingerprint density at radius 2 is 1.71 bits per heavy atom. The fourth-order valence-electron chi connectivity index (χ4n) is 3.23. The number of halogens is 1. The molecule has 4 rings (SSSR count). The van der Waals surface area contributed by atoms with Gasteiger partial charge in [-0.3, -0.25) is 9.59 Å². The average Bonchev–Trinajstić information content (AvgIpc) is 3.39. The smallest absolute Gasteiger partial charge is 0.265 e. The van der Waals surface area contributed by atoms with Gasteiger partial charge in [-0.2, -0.15) is 0 Å². The van der Waals surface area contributed by atoms with Crippen molar-refractivity contribution >= 4 is 57.9 Å². The number of rotatable bonds is 8. The highest BCUT2D eigenvalue weighted by Crippen LogP contribution is 2.38. The van der Waals surface area contributed by atoms with Crippen LogP contribution in [0, 0.1) is 0 Å². The third kappa shape index (κ3) is 5.99. The summed E-state index contributed by atoms with van der Waals surface area (Å²) in [5.41, 5.74) is 2.06. The molecule has 1 heterocycles. The Hall–Kier alpha value is -3.26. The molecular weight excluding hydrogens is 488 g/mol. The van der Waals surface area contributed by atoms with E-state index in [0.29, 0.717) is 27.0 Å². The largest absolute Gasteiger partial charge is 0.495 e. The van der Waals surface area contributed by atoms with E-state index in [1.807, 2.05) is 66.0 Å². The number of carbonyl (C=O) groups is 2. The lowest BCUT2D eigenvalue weighted by molar-refractivity contribution is -0.115. The highest BCUT2D eigenvalue weighted by atomic mass is 35.5. The second-order valence-corrected chi connectivity index (χ2v) is 9.76. The van der Waals surface area contributed by atoms with Crippen LogP contribution in [-0.4, -0.2) is 18.9 Å². The minimum absolute atomic E-state index is 0.146. The third-order valence-electron chi connectivity index (χ3n) is 4.87. The number of amides is 2. The maximum Gasteiger partial charge on any atom is 0.265 e. The van der Waals surface area contributed by atoms with E-state index in [4.69, 9.17) is 16.3 Å². The Kier molecular flexibility index (Phi) is 7.90. The van der Waals surface area contributed by atoms with Crippen LogP contribution in [-0.2, 0) is 4.79 Å². The van der Waals surface area contributed by atoms with Gasteiger partial charge in [0.2, 0.25) is 5.91 Å². The van der Waals surface area contributed by atoms with Crippen molar-refractivity contribution in [2.45, 2.75) is 10.1 Å². The molecule has 0 aliphatic rings. The van der Waals surface area contributed by atoms with E-state index in [9.17, 15) is 9.59 Å². The quantitative estimate of drug-likeness (QED) is 0.248. The Morgan fingerprint density at radius 3 is 2.38 bits per heavy atom. The molecule has 1 aromatic heterocycles. The Labute approximate surface area is 211 Å². The van der Waals surface area contributed by atoms with E-state index in [-0.39, 0.29) is 11.8 Å². The number of hydrogen-bond acceptors (Lipinski definition) is 5. The summed E-state index contributed by atoms with van der Waals surface area (Å²) in [6, 6.07) is 25.7. The van der Waals surface area contributed by atoms with Gasteiger partial charge in [-0.1, -0.05) is 48.0 Å². The van der Waals surface area contributed by atoms with Crippen molar-refractivity contribution in [3.05, 3.63) is 106 Å². The van der Waals surface area contributed by atoms with Crippen LogP contribution in [0.3, 0.4) is 0 Å². The zero-order valence-corrected chi connectivity index (χ0v) is 20.5. The standard InChI is InChI=1S/C26H21ClN2O3S2/c1-32-22-14-9-18(27)16-21(22)29-26(31)24(17-6-3-2-4-7-17)34-20-12-10-19(11-13-20)28-25(30)23-8-5-15-33-23/h2-16,24H,1H3,(H,28,30)(H,29,31). The highest BCUT2D eigenvalue weighted by Gasteiger charge is 2.23. The summed E-state index contributed by atoms with van der Waals surface area (Å²) in [4.78, 5) is 27.2. The van der Waals surface area contributed by atoms with Crippen molar-refractivity contribution in [2.24, 2.45) is 0 Å². The van der Waals surface area contributed by atoms with Crippen molar-refractivity contribution in [3.63, 3.8) is 0 Å². The molecule has 0 aliphatic carbocycles.